The minimum absolute atomic E-state index is 0.0229. The van der Waals surface area contributed by atoms with Gasteiger partial charge in [0.05, 0.1) is 18.8 Å². The Balaban J connectivity index is 1.90. The van der Waals surface area contributed by atoms with Gasteiger partial charge in [-0.05, 0) is 31.2 Å². The molecule has 0 saturated carbocycles. The van der Waals surface area contributed by atoms with E-state index in [2.05, 4.69) is 5.32 Å². The van der Waals surface area contributed by atoms with Crippen LogP contribution in [0.25, 0.3) is 0 Å². The van der Waals surface area contributed by atoms with Crippen molar-refractivity contribution in [3.63, 3.8) is 0 Å². The van der Waals surface area contributed by atoms with E-state index in [-0.39, 0.29) is 12.5 Å². The second-order valence-corrected chi connectivity index (χ2v) is 5.18. The summed E-state index contributed by atoms with van der Waals surface area (Å²) in [5.41, 5.74) is 1.66. The van der Waals surface area contributed by atoms with Crippen LogP contribution >= 0.6 is 0 Å². The normalized spacial score (nSPS) is 10.2. The average molecular weight is 328 g/mol. The first-order valence-corrected chi connectivity index (χ1v) is 8.07. The van der Waals surface area contributed by atoms with Crippen LogP contribution in [0.15, 0.2) is 54.6 Å². The topological polar surface area (TPSA) is 50.8 Å². The number of anilines is 2. The predicted molar refractivity (Wildman–Crippen MR) is 96.8 cm³/mol. The number of ether oxygens (including phenoxy) is 2. The first kappa shape index (κ1) is 17.8. The molecule has 1 amide bonds. The summed E-state index contributed by atoms with van der Waals surface area (Å²) < 4.78 is 11.0. The fourth-order valence-corrected chi connectivity index (χ4v) is 2.18. The van der Waals surface area contributed by atoms with E-state index in [1.807, 2.05) is 61.5 Å². The number of rotatable bonds is 9. The molecule has 128 valence electrons. The van der Waals surface area contributed by atoms with Crippen molar-refractivity contribution in [3.05, 3.63) is 54.6 Å². The molecule has 5 heteroatoms. The highest BCUT2D eigenvalue weighted by Gasteiger charge is 2.11. The van der Waals surface area contributed by atoms with Crippen molar-refractivity contribution >= 4 is 17.3 Å². The third-order valence-electron chi connectivity index (χ3n) is 3.52. The van der Waals surface area contributed by atoms with Crippen LogP contribution in [0.1, 0.15) is 6.92 Å². The monoisotopic (exact) mass is 328 g/mol. The Bertz CT molecular complexity index is 632. The molecule has 2 rings (SSSR count). The van der Waals surface area contributed by atoms with E-state index in [4.69, 9.17) is 9.47 Å². The van der Waals surface area contributed by atoms with Crippen molar-refractivity contribution in [3.8, 4) is 5.75 Å². The molecule has 0 aliphatic heterocycles. The van der Waals surface area contributed by atoms with Crippen LogP contribution < -0.4 is 15.0 Å². The van der Waals surface area contributed by atoms with E-state index < -0.39 is 0 Å². The van der Waals surface area contributed by atoms with Crippen LogP contribution in [-0.4, -0.2) is 39.3 Å². The van der Waals surface area contributed by atoms with Crippen molar-refractivity contribution in [2.75, 3.05) is 43.6 Å². The van der Waals surface area contributed by atoms with Gasteiger partial charge >= 0.3 is 0 Å². The second kappa shape index (κ2) is 9.57. The Morgan fingerprint density at radius 1 is 1.04 bits per heavy atom. The van der Waals surface area contributed by atoms with Gasteiger partial charge in [0, 0.05) is 19.3 Å². The number of benzene rings is 2. The Morgan fingerprint density at radius 2 is 1.75 bits per heavy atom. The molecule has 0 aromatic heterocycles. The maximum absolute atomic E-state index is 12.3. The van der Waals surface area contributed by atoms with Gasteiger partial charge in [0.1, 0.15) is 12.4 Å². The highest BCUT2D eigenvalue weighted by Crippen LogP contribution is 2.23. The van der Waals surface area contributed by atoms with Gasteiger partial charge < -0.3 is 19.7 Å². The molecule has 0 heterocycles. The lowest BCUT2D eigenvalue weighted by atomic mass is 10.2. The first-order valence-electron chi connectivity index (χ1n) is 8.07. The first-order chi connectivity index (χ1) is 11.7. The quantitative estimate of drug-likeness (QED) is 0.718. The van der Waals surface area contributed by atoms with Crippen LogP contribution in [0.3, 0.4) is 0 Å². The van der Waals surface area contributed by atoms with E-state index in [1.54, 1.807) is 11.9 Å². The molecule has 0 bridgehead atoms. The standard InChI is InChI=1S/C19H24N2O3/c1-3-23-13-14-24-18-12-8-7-11-17(18)20-15-19(22)21(2)16-9-5-4-6-10-16/h4-12,20H,3,13-15H2,1-2H3. The Kier molecular flexibility index (Phi) is 7.11. The van der Waals surface area contributed by atoms with Gasteiger partial charge in [-0.1, -0.05) is 30.3 Å². The molecule has 0 radical (unpaired) electrons. The molecule has 0 atom stereocenters. The zero-order valence-electron chi connectivity index (χ0n) is 14.2. The van der Waals surface area contributed by atoms with Gasteiger partial charge in [0.25, 0.3) is 0 Å². The largest absolute Gasteiger partial charge is 0.489 e. The summed E-state index contributed by atoms with van der Waals surface area (Å²) in [5, 5.41) is 3.15. The molecular weight excluding hydrogens is 304 g/mol. The zero-order valence-corrected chi connectivity index (χ0v) is 14.2. The van der Waals surface area contributed by atoms with Gasteiger partial charge in [-0.3, -0.25) is 4.79 Å². The van der Waals surface area contributed by atoms with Crippen LogP contribution in [-0.2, 0) is 9.53 Å². The Hall–Kier alpha value is -2.53. The number of likely N-dealkylation sites (N-methyl/N-ethyl adjacent to an activating group) is 1. The van der Waals surface area contributed by atoms with Crippen LogP contribution in [0, 0.1) is 0 Å². The summed E-state index contributed by atoms with van der Waals surface area (Å²) in [4.78, 5) is 14.0. The highest BCUT2D eigenvalue weighted by molar-refractivity contribution is 5.95. The molecular formula is C19H24N2O3. The number of amides is 1. The number of para-hydroxylation sites is 3. The van der Waals surface area contributed by atoms with E-state index in [9.17, 15) is 4.79 Å². The summed E-state index contributed by atoms with van der Waals surface area (Å²) in [6.07, 6.45) is 0. The van der Waals surface area contributed by atoms with Crippen LogP contribution in [0.2, 0.25) is 0 Å². The summed E-state index contributed by atoms with van der Waals surface area (Å²) in [7, 11) is 1.77. The van der Waals surface area contributed by atoms with E-state index in [0.29, 0.717) is 25.6 Å². The third kappa shape index (κ3) is 5.28. The van der Waals surface area contributed by atoms with Crippen molar-refractivity contribution < 1.29 is 14.3 Å². The smallest absolute Gasteiger partial charge is 0.246 e. The molecule has 0 unspecified atom stereocenters. The number of carbonyl (C=O) groups excluding carboxylic acids is 1. The third-order valence-corrected chi connectivity index (χ3v) is 3.52. The SMILES string of the molecule is CCOCCOc1ccccc1NCC(=O)N(C)c1ccccc1. The Labute approximate surface area is 143 Å². The van der Waals surface area contributed by atoms with E-state index in [1.165, 1.54) is 0 Å². The number of hydrogen-bond acceptors (Lipinski definition) is 4. The Morgan fingerprint density at radius 3 is 2.50 bits per heavy atom. The van der Waals surface area contributed by atoms with Gasteiger partial charge in [-0.2, -0.15) is 0 Å². The van der Waals surface area contributed by atoms with E-state index >= 15 is 0 Å². The van der Waals surface area contributed by atoms with Crippen molar-refractivity contribution in [2.45, 2.75) is 6.92 Å². The summed E-state index contributed by atoms with van der Waals surface area (Å²) >= 11 is 0. The summed E-state index contributed by atoms with van der Waals surface area (Å²) in [6, 6.07) is 17.1. The van der Waals surface area contributed by atoms with Crippen molar-refractivity contribution in [2.24, 2.45) is 0 Å². The molecule has 2 aromatic rings. The molecule has 2 aromatic carbocycles. The molecule has 1 N–H and O–H groups in total. The van der Waals surface area contributed by atoms with E-state index in [0.717, 1.165) is 11.4 Å². The molecule has 24 heavy (non-hydrogen) atoms. The fourth-order valence-electron chi connectivity index (χ4n) is 2.18. The number of hydrogen-bond donors (Lipinski definition) is 1. The number of carbonyl (C=O) groups is 1. The molecule has 0 saturated heterocycles. The number of nitrogens with zero attached hydrogens (tertiary/aromatic N) is 1. The molecule has 0 aliphatic carbocycles. The molecule has 0 aliphatic rings. The zero-order chi connectivity index (χ0) is 17.2. The minimum Gasteiger partial charge on any atom is -0.489 e. The summed E-state index contributed by atoms with van der Waals surface area (Å²) in [6.45, 7) is 3.83. The number of nitrogens with one attached hydrogen (secondary N) is 1. The van der Waals surface area contributed by atoms with Gasteiger partial charge in [0.2, 0.25) is 5.91 Å². The van der Waals surface area contributed by atoms with Gasteiger partial charge in [0.15, 0.2) is 0 Å². The van der Waals surface area contributed by atoms with Crippen LogP contribution in [0.4, 0.5) is 11.4 Å². The van der Waals surface area contributed by atoms with Crippen LogP contribution in [0.5, 0.6) is 5.75 Å². The van der Waals surface area contributed by atoms with Crippen molar-refractivity contribution in [1.29, 1.82) is 0 Å². The lowest BCUT2D eigenvalue weighted by molar-refractivity contribution is -0.116. The molecule has 0 spiro atoms. The van der Waals surface area contributed by atoms with Gasteiger partial charge in [-0.15, -0.1) is 0 Å². The molecule has 0 fully saturated rings. The van der Waals surface area contributed by atoms with Crippen molar-refractivity contribution in [1.82, 2.24) is 0 Å². The highest BCUT2D eigenvalue weighted by atomic mass is 16.5. The minimum atomic E-state index is -0.0229. The maximum Gasteiger partial charge on any atom is 0.246 e. The van der Waals surface area contributed by atoms with Gasteiger partial charge in [-0.25, -0.2) is 0 Å². The lowest BCUT2D eigenvalue weighted by Gasteiger charge is -2.19. The molecule has 5 nitrogen and oxygen atoms in total. The lowest BCUT2D eigenvalue weighted by Crippen LogP contribution is -2.32. The second-order valence-electron chi connectivity index (χ2n) is 5.18. The maximum atomic E-state index is 12.3. The summed E-state index contributed by atoms with van der Waals surface area (Å²) in [5.74, 6) is 0.692. The average Bonchev–Trinajstić information content (AvgIpc) is 2.64. The fraction of sp³-hybridized carbons (Fsp3) is 0.316. The predicted octanol–water partition coefficient (Wildman–Crippen LogP) is 3.18.